The zero-order valence-electron chi connectivity index (χ0n) is 14.1. The molecule has 1 heterocycles. The van der Waals surface area contributed by atoms with Crippen LogP contribution in [0.3, 0.4) is 0 Å². The lowest BCUT2D eigenvalue weighted by molar-refractivity contribution is 0.102. The second-order valence-electron chi connectivity index (χ2n) is 5.33. The van der Waals surface area contributed by atoms with Gasteiger partial charge in [-0.1, -0.05) is 22.8 Å². The summed E-state index contributed by atoms with van der Waals surface area (Å²) in [6.07, 6.45) is 0. The molecule has 2 aromatic carbocycles. The number of hydrogen-bond acceptors (Lipinski definition) is 6. The molecule has 0 spiro atoms. The predicted octanol–water partition coefficient (Wildman–Crippen LogP) is 3.31. The third kappa shape index (κ3) is 3.77. The molecule has 1 amide bonds. The number of aryl methyl sites for hydroxylation is 1. The fourth-order valence-electron chi connectivity index (χ4n) is 2.19. The molecule has 3 rings (SSSR count). The minimum absolute atomic E-state index is 0.0161. The summed E-state index contributed by atoms with van der Waals surface area (Å²) in [4.78, 5) is 12.4. The highest BCUT2D eigenvalue weighted by atomic mass is 16.5. The highest BCUT2D eigenvalue weighted by Gasteiger charge is 2.14. The minimum atomic E-state index is -0.406. The van der Waals surface area contributed by atoms with Crippen LogP contribution in [0.4, 0.5) is 6.01 Å². The second kappa shape index (κ2) is 7.04. The molecular weight excluding hydrogens is 322 g/mol. The van der Waals surface area contributed by atoms with Gasteiger partial charge >= 0.3 is 6.01 Å². The molecule has 128 valence electrons. The van der Waals surface area contributed by atoms with Gasteiger partial charge < -0.3 is 13.9 Å². The van der Waals surface area contributed by atoms with E-state index >= 15 is 0 Å². The van der Waals surface area contributed by atoms with Crippen molar-refractivity contribution in [2.45, 2.75) is 6.92 Å². The van der Waals surface area contributed by atoms with Crippen LogP contribution in [0, 0.1) is 6.92 Å². The Hall–Kier alpha value is -3.35. The summed E-state index contributed by atoms with van der Waals surface area (Å²) >= 11 is 0. The number of aromatic nitrogens is 2. The molecule has 0 saturated carbocycles. The van der Waals surface area contributed by atoms with E-state index in [-0.39, 0.29) is 6.01 Å². The van der Waals surface area contributed by atoms with Crippen LogP contribution in [0.25, 0.3) is 11.5 Å². The summed E-state index contributed by atoms with van der Waals surface area (Å²) in [5.74, 6) is 0.945. The van der Waals surface area contributed by atoms with Gasteiger partial charge in [0.15, 0.2) is 0 Å². The first-order valence-electron chi connectivity index (χ1n) is 7.54. The Bertz CT molecular complexity index is 865. The lowest BCUT2D eigenvalue weighted by Gasteiger charge is -2.07. The molecule has 0 aliphatic carbocycles. The first-order valence-corrected chi connectivity index (χ1v) is 7.54. The van der Waals surface area contributed by atoms with E-state index in [2.05, 4.69) is 15.5 Å². The van der Waals surface area contributed by atoms with Crippen LogP contribution in [0.15, 0.2) is 46.9 Å². The van der Waals surface area contributed by atoms with Crippen molar-refractivity contribution in [2.75, 3.05) is 19.5 Å². The van der Waals surface area contributed by atoms with Crippen LogP contribution in [0.1, 0.15) is 15.9 Å². The van der Waals surface area contributed by atoms with E-state index in [1.807, 2.05) is 31.2 Å². The average Bonchev–Trinajstić information content (AvgIpc) is 3.10. The van der Waals surface area contributed by atoms with Gasteiger partial charge in [-0.25, -0.2) is 0 Å². The summed E-state index contributed by atoms with van der Waals surface area (Å²) in [7, 11) is 3.03. The van der Waals surface area contributed by atoms with E-state index in [1.165, 1.54) is 14.2 Å². The number of anilines is 1. The molecule has 0 aliphatic heterocycles. The molecule has 3 aromatic rings. The zero-order valence-corrected chi connectivity index (χ0v) is 14.1. The number of rotatable bonds is 5. The second-order valence-corrected chi connectivity index (χ2v) is 5.33. The summed E-state index contributed by atoms with van der Waals surface area (Å²) < 4.78 is 15.8. The monoisotopic (exact) mass is 339 g/mol. The number of nitrogens with zero attached hydrogens (tertiary/aromatic N) is 2. The first-order chi connectivity index (χ1) is 12.1. The number of amides is 1. The maximum Gasteiger partial charge on any atom is 0.322 e. The summed E-state index contributed by atoms with van der Waals surface area (Å²) in [5, 5.41) is 10.4. The van der Waals surface area contributed by atoms with Gasteiger partial charge in [0.05, 0.1) is 14.2 Å². The number of benzene rings is 2. The van der Waals surface area contributed by atoms with Crippen molar-refractivity contribution in [2.24, 2.45) is 0 Å². The number of carbonyl (C=O) groups excluding carboxylic acids is 1. The van der Waals surface area contributed by atoms with E-state index in [0.29, 0.717) is 23.0 Å². The summed E-state index contributed by atoms with van der Waals surface area (Å²) in [5.41, 5.74) is 2.26. The van der Waals surface area contributed by atoms with Crippen molar-refractivity contribution >= 4 is 11.9 Å². The lowest BCUT2D eigenvalue weighted by atomic mass is 10.1. The lowest BCUT2D eigenvalue weighted by Crippen LogP contribution is -2.12. The number of methoxy groups -OCH3 is 2. The van der Waals surface area contributed by atoms with Crippen molar-refractivity contribution in [3.63, 3.8) is 0 Å². The van der Waals surface area contributed by atoms with Gasteiger partial charge in [-0.2, -0.15) is 0 Å². The Morgan fingerprint density at radius 2 is 1.64 bits per heavy atom. The molecule has 0 aliphatic rings. The average molecular weight is 339 g/mol. The summed E-state index contributed by atoms with van der Waals surface area (Å²) in [6.45, 7) is 1.99. The third-order valence-corrected chi connectivity index (χ3v) is 3.56. The molecule has 0 radical (unpaired) electrons. The third-order valence-electron chi connectivity index (χ3n) is 3.56. The highest BCUT2D eigenvalue weighted by molar-refractivity contribution is 6.03. The molecule has 0 bridgehead atoms. The molecule has 0 atom stereocenters. The molecule has 1 N–H and O–H groups in total. The number of ether oxygens (including phenoxy) is 2. The fourth-order valence-corrected chi connectivity index (χ4v) is 2.19. The van der Waals surface area contributed by atoms with Gasteiger partial charge in [0.2, 0.25) is 5.89 Å². The predicted molar refractivity (Wildman–Crippen MR) is 92.0 cm³/mol. The van der Waals surface area contributed by atoms with Crippen molar-refractivity contribution in [3.8, 4) is 23.0 Å². The van der Waals surface area contributed by atoms with Gasteiger partial charge in [0.1, 0.15) is 11.5 Å². The molecule has 0 saturated heterocycles. The van der Waals surface area contributed by atoms with E-state index < -0.39 is 5.91 Å². The van der Waals surface area contributed by atoms with Gasteiger partial charge in [-0.05, 0) is 31.2 Å². The molecule has 0 fully saturated rings. The van der Waals surface area contributed by atoms with Crippen molar-refractivity contribution in [1.29, 1.82) is 0 Å². The Kier molecular flexibility index (Phi) is 4.65. The molecule has 7 nitrogen and oxygen atoms in total. The van der Waals surface area contributed by atoms with Gasteiger partial charge in [0, 0.05) is 17.2 Å². The van der Waals surface area contributed by atoms with Gasteiger partial charge in [-0.15, -0.1) is 5.10 Å². The molecular formula is C18H17N3O4. The van der Waals surface area contributed by atoms with E-state index in [0.717, 1.165) is 11.1 Å². The molecule has 0 unspecified atom stereocenters. The van der Waals surface area contributed by atoms with E-state index in [1.54, 1.807) is 18.2 Å². The topological polar surface area (TPSA) is 86.5 Å². The maximum atomic E-state index is 12.4. The molecule has 7 heteroatoms. The molecule has 25 heavy (non-hydrogen) atoms. The standard InChI is InChI=1S/C18H17N3O4/c1-11-4-6-12(7-5-11)17-20-21-18(25-17)19-16(22)13-8-14(23-2)10-15(9-13)24-3/h4-10H,1-3H3,(H,19,21,22). The largest absolute Gasteiger partial charge is 0.497 e. The van der Waals surface area contributed by atoms with Crippen molar-refractivity contribution in [3.05, 3.63) is 53.6 Å². The maximum absolute atomic E-state index is 12.4. The summed E-state index contributed by atoms with van der Waals surface area (Å²) in [6, 6.07) is 12.5. The van der Waals surface area contributed by atoms with Gasteiger partial charge in [-0.3, -0.25) is 10.1 Å². The quantitative estimate of drug-likeness (QED) is 0.767. The SMILES string of the molecule is COc1cc(OC)cc(C(=O)Nc2nnc(-c3ccc(C)cc3)o2)c1. The normalized spacial score (nSPS) is 10.4. The van der Waals surface area contributed by atoms with Crippen molar-refractivity contribution < 1.29 is 18.7 Å². The van der Waals surface area contributed by atoms with Crippen molar-refractivity contribution in [1.82, 2.24) is 10.2 Å². The van der Waals surface area contributed by atoms with Crippen LogP contribution in [0.2, 0.25) is 0 Å². The smallest absolute Gasteiger partial charge is 0.322 e. The van der Waals surface area contributed by atoms with Gasteiger partial charge in [0.25, 0.3) is 5.91 Å². The van der Waals surface area contributed by atoms with Crippen LogP contribution >= 0.6 is 0 Å². The van der Waals surface area contributed by atoms with Crippen LogP contribution in [0.5, 0.6) is 11.5 Å². The van der Waals surface area contributed by atoms with Crippen LogP contribution in [-0.4, -0.2) is 30.3 Å². The zero-order chi connectivity index (χ0) is 17.8. The Balaban J connectivity index is 1.79. The molecule has 1 aromatic heterocycles. The number of nitrogens with one attached hydrogen (secondary N) is 1. The van der Waals surface area contributed by atoms with E-state index in [4.69, 9.17) is 13.9 Å². The first kappa shape index (κ1) is 16.5. The fraction of sp³-hybridized carbons (Fsp3) is 0.167. The highest BCUT2D eigenvalue weighted by Crippen LogP contribution is 2.24. The number of carbonyl (C=O) groups is 1. The van der Waals surface area contributed by atoms with Crippen LogP contribution < -0.4 is 14.8 Å². The number of hydrogen-bond donors (Lipinski definition) is 1. The van der Waals surface area contributed by atoms with E-state index in [9.17, 15) is 4.79 Å². The van der Waals surface area contributed by atoms with Crippen LogP contribution in [-0.2, 0) is 0 Å². The Labute approximate surface area is 144 Å². The minimum Gasteiger partial charge on any atom is -0.497 e. The Morgan fingerprint density at radius 1 is 1.00 bits per heavy atom. The Morgan fingerprint density at radius 3 is 2.24 bits per heavy atom.